The summed E-state index contributed by atoms with van der Waals surface area (Å²) in [6.45, 7) is 14.1. The second-order valence-electron chi connectivity index (χ2n) is 24.4. The van der Waals surface area contributed by atoms with Crippen molar-refractivity contribution in [3.8, 4) is 0 Å². The lowest BCUT2D eigenvalue weighted by Crippen LogP contribution is -2.53. The fourth-order valence-electron chi connectivity index (χ4n) is 11.5. The van der Waals surface area contributed by atoms with Crippen LogP contribution in [-0.4, -0.2) is 156 Å². The molecule has 0 radical (unpaired) electrons. The summed E-state index contributed by atoms with van der Waals surface area (Å²) in [6.07, 6.45) is 1.70. The number of ketones is 2. The maximum atomic E-state index is 14.5. The molecule has 2 aromatic rings. The lowest BCUT2D eigenvalue weighted by Gasteiger charge is -2.41. The number of epoxide rings is 1. The highest BCUT2D eigenvalue weighted by molar-refractivity contribution is 6.34. The quantitative estimate of drug-likeness (QED) is 0.0421. The third kappa shape index (κ3) is 17.7. The number of hydrogen-bond acceptors (Lipinski definition) is 17. The van der Waals surface area contributed by atoms with Gasteiger partial charge in [0.15, 0.2) is 5.78 Å². The first-order valence-electron chi connectivity index (χ1n) is 29.9. The number of carbonyl (C=O) groups is 11. The zero-order valence-electron chi connectivity index (χ0n) is 52.2. The van der Waals surface area contributed by atoms with E-state index in [1.807, 2.05) is 32.1 Å². The number of Topliss-reactive ketones (excluding diaryl/α,β-unsaturated/α-hetero) is 2. The van der Waals surface area contributed by atoms with Crippen LogP contribution in [0, 0.1) is 31.6 Å². The van der Waals surface area contributed by atoms with Gasteiger partial charge in [-0.05, 0) is 113 Å². The molecule has 0 saturated carbocycles. The minimum absolute atomic E-state index is 0.00982. The number of imide groups is 1. The van der Waals surface area contributed by atoms with E-state index in [4.69, 9.17) is 41.1 Å². The summed E-state index contributed by atoms with van der Waals surface area (Å²) in [5, 5.41) is 18.2. The summed E-state index contributed by atoms with van der Waals surface area (Å²) in [5.74, 6) is -7.45. The van der Waals surface area contributed by atoms with E-state index in [1.54, 1.807) is 66.0 Å². The first-order valence-corrected chi connectivity index (χ1v) is 30.3. The number of nitrogens with two attached hydrogens (primary N) is 1. The Hall–Kier alpha value is -7.34. The zero-order valence-corrected chi connectivity index (χ0v) is 53.0. The number of aryl methyl sites for hydroxylation is 2. The monoisotopic (exact) mass is 1240 g/mol. The minimum Gasteiger partial charge on any atom is -0.462 e. The topological polar surface area (TPSA) is 317 Å². The van der Waals surface area contributed by atoms with Crippen molar-refractivity contribution in [1.82, 2.24) is 20.6 Å². The summed E-state index contributed by atoms with van der Waals surface area (Å²) in [5.41, 5.74) is 6.48. The number of benzene rings is 2. The molecule has 4 heterocycles. The van der Waals surface area contributed by atoms with Crippen molar-refractivity contribution in [2.45, 2.75) is 193 Å². The van der Waals surface area contributed by atoms with E-state index in [-0.39, 0.29) is 107 Å². The number of hydrogen-bond donors (Lipinski definition) is 4. The van der Waals surface area contributed by atoms with Crippen molar-refractivity contribution in [3.63, 3.8) is 0 Å². The maximum Gasteiger partial charge on any atom is 0.333 e. The molecule has 6 rings (SSSR count). The molecule has 3 fully saturated rings. The number of primary amides is 1. The Morgan fingerprint density at radius 1 is 0.943 bits per heavy atom. The highest BCUT2D eigenvalue weighted by Gasteiger charge is 2.64. The summed E-state index contributed by atoms with van der Waals surface area (Å²) in [6, 6.07) is 5.37. The second kappa shape index (κ2) is 30.2. The number of anilines is 1. The Morgan fingerprint density at radius 2 is 1.62 bits per heavy atom. The Morgan fingerprint density at radius 3 is 2.27 bits per heavy atom. The molecule has 4 aliphatic heterocycles. The molecule has 4 bridgehead atoms. The molecule has 88 heavy (non-hydrogen) atoms. The number of urea groups is 1. The van der Waals surface area contributed by atoms with Crippen LogP contribution in [0.5, 0.6) is 0 Å². The molecule has 2 aromatic carbocycles. The zero-order chi connectivity index (χ0) is 65.1. The number of carbonyl (C=O) groups excluding carboxylic acids is 11. The molecule has 7 amide bonds. The van der Waals surface area contributed by atoms with Crippen LogP contribution >= 0.6 is 11.6 Å². The molecule has 0 spiro atoms. The van der Waals surface area contributed by atoms with Gasteiger partial charge in [-0.3, -0.25) is 38.4 Å². The van der Waals surface area contributed by atoms with Crippen molar-refractivity contribution in [2.75, 3.05) is 32.6 Å². The van der Waals surface area contributed by atoms with E-state index in [1.165, 1.54) is 36.9 Å². The summed E-state index contributed by atoms with van der Waals surface area (Å²) < 4.78 is 24.2. The number of nitrogens with zero attached hydrogens (tertiary/aromatic N) is 3. The van der Waals surface area contributed by atoms with E-state index in [2.05, 4.69) is 10.6 Å². The minimum atomic E-state index is -1.65. The number of esters is 2. The third-order valence-electron chi connectivity index (χ3n) is 17.2. The van der Waals surface area contributed by atoms with Crippen LogP contribution in [-0.2, 0) is 79.8 Å². The number of amides is 7. The van der Waals surface area contributed by atoms with Gasteiger partial charge in [-0.2, -0.15) is 0 Å². The molecule has 0 aromatic heterocycles. The Bertz CT molecular complexity index is 3070. The molecule has 0 unspecified atom stereocenters. The number of nitrogens with one attached hydrogen (secondary N) is 2. The van der Waals surface area contributed by atoms with Gasteiger partial charge in [-0.25, -0.2) is 14.4 Å². The summed E-state index contributed by atoms with van der Waals surface area (Å²) in [7, 11) is 4.44. The van der Waals surface area contributed by atoms with Gasteiger partial charge in [-0.1, -0.05) is 68.3 Å². The molecule has 480 valence electrons. The molecule has 24 heteroatoms. The molecule has 3 saturated heterocycles. The van der Waals surface area contributed by atoms with Gasteiger partial charge < -0.3 is 55.1 Å². The normalized spacial score (nSPS) is 25.1. The predicted molar refractivity (Wildman–Crippen MR) is 322 cm³/mol. The first-order chi connectivity index (χ1) is 41.4. The van der Waals surface area contributed by atoms with Crippen molar-refractivity contribution >= 4 is 82.3 Å². The van der Waals surface area contributed by atoms with Gasteiger partial charge >= 0.3 is 23.9 Å². The lowest BCUT2D eigenvalue weighted by atomic mass is 9.78. The summed E-state index contributed by atoms with van der Waals surface area (Å²) >= 11 is 6.87. The molecule has 4 aliphatic rings. The smallest absolute Gasteiger partial charge is 0.333 e. The van der Waals surface area contributed by atoms with Crippen LogP contribution in [0.15, 0.2) is 54.1 Å². The maximum absolute atomic E-state index is 14.5. The van der Waals surface area contributed by atoms with Crippen LogP contribution in [0.4, 0.5) is 10.5 Å². The number of rotatable bonds is 23. The van der Waals surface area contributed by atoms with Gasteiger partial charge in [-0.15, -0.1) is 5.06 Å². The summed E-state index contributed by atoms with van der Waals surface area (Å²) in [4.78, 5) is 152. The number of hydroxylamine groups is 2. The highest BCUT2D eigenvalue weighted by atomic mass is 35.5. The van der Waals surface area contributed by atoms with E-state index in [0.717, 1.165) is 16.7 Å². The van der Waals surface area contributed by atoms with Gasteiger partial charge in [0.25, 0.3) is 17.7 Å². The van der Waals surface area contributed by atoms with E-state index in [0.29, 0.717) is 33.3 Å². The Kier molecular flexibility index (Phi) is 24.0. The number of allylic oxidation sites excluding steroid dienone is 3. The van der Waals surface area contributed by atoms with Crippen molar-refractivity contribution in [1.29, 1.82) is 0 Å². The SMILES string of the molecule is CO[C@@H]1/C=C/C=C(\C)Cc2cc(C)c(Cl)c(c2)N(C)C(=O)C[C@H](OC(=O)[C@H](C)N(C)C(=O)c2ccc(CC(=O)[C@H](CCCNC(N)=O)NC(=O)[C@@H](CC(=O)CCCCC(=O)ON3C(=O)CCC3=O)C(C)C)c(C)c2)[C@]2(C)O[C@H]2[C@H](C)[C@@H]2C[C@@]1(O)CC(=O)O2. The average Bonchev–Trinajstić information content (AvgIpc) is 1.66. The van der Waals surface area contributed by atoms with Crippen LogP contribution in [0.3, 0.4) is 0 Å². The lowest BCUT2D eigenvalue weighted by molar-refractivity contribution is -0.197. The van der Waals surface area contributed by atoms with Crippen LogP contribution in [0.1, 0.15) is 151 Å². The molecule has 23 nitrogen and oxygen atoms in total. The van der Waals surface area contributed by atoms with Crippen molar-refractivity contribution in [2.24, 2.45) is 23.5 Å². The standard InChI is InChI=1S/C64H85ClN6O17/c1-35(2)45(31-44(72)17-12-13-20-55(77)88-71-52(74)23-24-53(71)75)59(79)68-46(18-15-25-67-62(66)82)48(73)30-42-21-22-43(28-37(42)4)60(80)69(9)40(7)61(81)86-51-32-54(76)70(10)47-29-41(27-38(5)57(47)65)26-36(3)16-14-19-50(84-11)64(83)33-49(85-56(78)34-64)39(6)58-63(51,8)87-58/h14,16,19,21-22,27-29,35,39-40,45-46,49-51,58,83H,12-13,15,17-18,20,23-26,30-34H2,1-11H3,(H,68,79)(H3,66,67,82)/b19-14+,36-16+/t39-,40+,45+,46+,49+,50-,51+,58+,63+,64-/m1/s1. The van der Waals surface area contributed by atoms with Gasteiger partial charge in [0.1, 0.15) is 41.3 Å². The number of halogens is 1. The molecular weight excluding hydrogens is 1160 g/mol. The van der Waals surface area contributed by atoms with Gasteiger partial charge in [0.05, 0.1) is 35.7 Å². The largest absolute Gasteiger partial charge is 0.462 e. The highest BCUT2D eigenvalue weighted by Crippen LogP contribution is 2.50. The number of fused-ring (bicyclic) bond motifs is 5. The van der Waals surface area contributed by atoms with E-state index in [9.17, 15) is 57.8 Å². The fourth-order valence-corrected chi connectivity index (χ4v) is 11.7. The predicted octanol–water partition coefficient (Wildman–Crippen LogP) is 6.13. The molecular formula is C64H85ClN6O17. The molecule has 0 aliphatic carbocycles. The number of aliphatic hydroxyl groups is 1. The van der Waals surface area contributed by atoms with Crippen molar-refractivity contribution < 1.29 is 81.6 Å². The number of unbranched alkanes of at least 4 members (excludes halogenated alkanes) is 1. The third-order valence-corrected chi connectivity index (χ3v) is 17.7. The van der Waals surface area contributed by atoms with Gasteiger partial charge in [0, 0.05) is 90.1 Å². The van der Waals surface area contributed by atoms with E-state index < -0.39 is 119 Å². The van der Waals surface area contributed by atoms with Crippen LogP contribution in [0.2, 0.25) is 5.02 Å². The number of methoxy groups -OCH3 is 1. The van der Waals surface area contributed by atoms with Gasteiger partial charge in [0.2, 0.25) is 11.8 Å². The molecule has 10 atom stereocenters. The average molecular weight is 1250 g/mol. The Labute approximate surface area is 518 Å². The number of ether oxygens (including phenoxy) is 4. The number of likely N-dealkylation sites (N-methyl/N-ethyl adjacent to an activating group) is 1. The second-order valence-corrected chi connectivity index (χ2v) is 24.7. The first kappa shape index (κ1) is 69.8. The molecule has 5 N–H and O–H groups in total. The van der Waals surface area contributed by atoms with Crippen LogP contribution < -0.4 is 21.3 Å². The van der Waals surface area contributed by atoms with E-state index >= 15 is 0 Å². The van der Waals surface area contributed by atoms with Crippen molar-refractivity contribution in [3.05, 3.63) is 87.0 Å². The fraction of sp³-hybridized carbons (Fsp3) is 0.578. The van der Waals surface area contributed by atoms with Crippen LogP contribution in [0.25, 0.3) is 0 Å². The Balaban J connectivity index is 1.14.